The molecule has 1 aliphatic rings. The number of hydrogen-bond donors (Lipinski definition) is 2. The summed E-state index contributed by atoms with van der Waals surface area (Å²) in [5, 5.41) is 7.87. The lowest BCUT2D eigenvalue weighted by atomic mass is 9.88. The van der Waals surface area contributed by atoms with Gasteiger partial charge in [0.2, 0.25) is 17.7 Å². The Morgan fingerprint density at radius 1 is 1.06 bits per heavy atom. The number of anilines is 2. The molecule has 1 fully saturated rings. The second kappa shape index (κ2) is 11.4. The van der Waals surface area contributed by atoms with Crippen molar-refractivity contribution in [1.29, 1.82) is 0 Å². The van der Waals surface area contributed by atoms with Crippen molar-refractivity contribution in [2.45, 2.75) is 72.3 Å². The maximum Gasteiger partial charge on any atom is 0.245 e. The van der Waals surface area contributed by atoms with E-state index in [1.165, 1.54) is 23.3 Å². The fourth-order valence-electron chi connectivity index (χ4n) is 4.05. The van der Waals surface area contributed by atoms with Gasteiger partial charge in [0.05, 0.1) is 12.1 Å². The van der Waals surface area contributed by atoms with E-state index < -0.39 is 0 Å². The molecule has 2 aromatic rings. The fourth-order valence-corrected chi connectivity index (χ4v) is 4.77. The van der Waals surface area contributed by atoms with Crippen molar-refractivity contribution in [3.8, 4) is 0 Å². The zero-order valence-electron chi connectivity index (χ0n) is 19.9. The van der Waals surface area contributed by atoms with E-state index in [1.54, 1.807) is 10.3 Å². The molecule has 0 atom stereocenters. The number of thiazole rings is 1. The monoisotopic (exact) mass is 470 g/mol. The Morgan fingerprint density at radius 3 is 2.45 bits per heavy atom. The zero-order chi connectivity index (χ0) is 24.0. The van der Waals surface area contributed by atoms with Crippen molar-refractivity contribution in [2.75, 3.05) is 17.2 Å². The molecule has 0 radical (unpaired) electrons. The number of aromatic nitrogens is 1. The molecule has 7 nitrogen and oxygen atoms in total. The molecule has 1 aromatic carbocycles. The molecule has 3 rings (SSSR count). The van der Waals surface area contributed by atoms with Crippen LogP contribution in [0.2, 0.25) is 0 Å². The average molecular weight is 471 g/mol. The van der Waals surface area contributed by atoms with Gasteiger partial charge in [0.15, 0.2) is 5.13 Å². The largest absolute Gasteiger partial charge is 0.331 e. The minimum absolute atomic E-state index is 0.00910. The second-order valence-corrected chi connectivity index (χ2v) is 9.97. The quantitative estimate of drug-likeness (QED) is 0.585. The number of rotatable bonds is 8. The SMILES string of the molecule is Cc1ccc(NC(=O)Cc2csc(NC(=O)CN(C(=O)C3CCCCC3)C(C)C)n2)cc1C. The summed E-state index contributed by atoms with van der Waals surface area (Å²) in [5.74, 6) is -0.335. The van der Waals surface area contributed by atoms with Crippen molar-refractivity contribution in [3.63, 3.8) is 0 Å². The molecular formula is C25H34N4O3S. The van der Waals surface area contributed by atoms with Crippen LogP contribution in [0.1, 0.15) is 62.8 Å². The molecule has 0 unspecified atom stereocenters. The van der Waals surface area contributed by atoms with Gasteiger partial charge in [0, 0.05) is 23.0 Å². The normalized spacial score (nSPS) is 14.2. The highest BCUT2D eigenvalue weighted by molar-refractivity contribution is 7.13. The Labute approximate surface area is 200 Å². The minimum Gasteiger partial charge on any atom is -0.331 e. The number of aryl methyl sites for hydroxylation is 2. The van der Waals surface area contributed by atoms with Gasteiger partial charge in [-0.1, -0.05) is 25.3 Å². The highest BCUT2D eigenvalue weighted by Gasteiger charge is 2.29. The van der Waals surface area contributed by atoms with Crippen molar-refractivity contribution < 1.29 is 14.4 Å². The van der Waals surface area contributed by atoms with Gasteiger partial charge in [-0.05, 0) is 63.8 Å². The third-order valence-corrected chi connectivity index (χ3v) is 6.91. The molecule has 178 valence electrons. The average Bonchev–Trinajstić information content (AvgIpc) is 3.20. The first-order chi connectivity index (χ1) is 15.7. The molecule has 8 heteroatoms. The van der Waals surface area contributed by atoms with E-state index in [2.05, 4.69) is 15.6 Å². The standard InChI is InChI=1S/C25H34N4O3S/c1-16(2)29(24(32)19-8-6-5-7-9-19)14-23(31)28-25-27-21(15-33-25)13-22(30)26-20-11-10-17(3)18(4)12-20/h10-12,15-16,19H,5-9,13-14H2,1-4H3,(H,26,30)(H,27,28,31). The van der Waals surface area contributed by atoms with Crippen molar-refractivity contribution in [3.05, 3.63) is 40.4 Å². The molecule has 1 aliphatic carbocycles. The zero-order valence-corrected chi connectivity index (χ0v) is 20.8. The van der Waals surface area contributed by atoms with Crippen LogP contribution in [0.15, 0.2) is 23.6 Å². The van der Waals surface area contributed by atoms with Gasteiger partial charge in [-0.25, -0.2) is 4.98 Å². The van der Waals surface area contributed by atoms with E-state index in [0.717, 1.165) is 36.9 Å². The summed E-state index contributed by atoms with van der Waals surface area (Å²) in [6, 6.07) is 5.74. The minimum atomic E-state index is -0.270. The number of amides is 3. The summed E-state index contributed by atoms with van der Waals surface area (Å²) in [7, 11) is 0. The number of carbonyl (C=O) groups is 3. The molecule has 3 amide bonds. The van der Waals surface area contributed by atoms with E-state index >= 15 is 0 Å². The van der Waals surface area contributed by atoms with E-state index in [4.69, 9.17) is 0 Å². The molecule has 2 N–H and O–H groups in total. The first-order valence-corrected chi connectivity index (χ1v) is 12.5. The smallest absolute Gasteiger partial charge is 0.245 e. The fraction of sp³-hybridized carbons (Fsp3) is 0.520. The Morgan fingerprint density at radius 2 is 1.79 bits per heavy atom. The van der Waals surface area contributed by atoms with Crippen LogP contribution >= 0.6 is 11.3 Å². The molecule has 0 saturated heterocycles. The predicted molar refractivity (Wildman–Crippen MR) is 132 cm³/mol. The first-order valence-electron chi connectivity index (χ1n) is 11.6. The van der Waals surface area contributed by atoms with Crippen LogP contribution in [0.4, 0.5) is 10.8 Å². The lowest BCUT2D eigenvalue weighted by molar-refractivity contribution is -0.141. The molecule has 1 heterocycles. The van der Waals surface area contributed by atoms with Crippen molar-refractivity contribution >= 4 is 39.9 Å². The van der Waals surface area contributed by atoms with E-state index in [1.807, 2.05) is 45.9 Å². The second-order valence-electron chi connectivity index (χ2n) is 9.11. The van der Waals surface area contributed by atoms with Gasteiger partial charge >= 0.3 is 0 Å². The summed E-state index contributed by atoms with van der Waals surface area (Å²) in [4.78, 5) is 44.0. The highest BCUT2D eigenvalue weighted by Crippen LogP contribution is 2.26. The summed E-state index contributed by atoms with van der Waals surface area (Å²) in [6.45, 7) is 7.91. The summed E-state index contributed by atoms with van der Waals surface area (Å²) in [5.41, 5.74) is 3.63. The summed E-state index contributed by atoms with van der Waals surface area (Å²) in [6.07, 6.45) is 5.27. The van der Waals surface area contributed by atoms with Gasteiger partial charge in [0.1, 0.15) is 6.54 Å². The molecule has 0 spiro atoms. The topological polar surface area (TPSA) is 91.4 Å². The number of benzene rings is 1. The highest BCUT2D eigenvalue weighted by atomic mass is 32.1. The Balaban J connectivity index is 1.53. The van der Waals surface area contributed by atoms with Gasteiger partial charge in [0.25, 0.3) is 0 Å². The van der Waals surface area contributed by atoms with Crippen LogP contribution in [-0.2, 0) is 20.8 Å². The maximum atomic E-state index is 12.9. The molecule has 0 bridgehead atoms. The number of nitrogens with one attached hydrogen (secondary N) is 2. The number of carbonyl (C=O) groups excluding carboxylic acids is 3. The van der Waals surface area contributed by atoms with Crippen LogP contribution < -0.4 is 10.6 Å². The predicted octanol–water partition coefficient (Wildman–Crippen LogP) is 4.70. The lowest BCUT2D eigenvalue weighted by Gasteiger charge is -2.31. The maximum absolute atomic E-state index is 12.9. The third-order valence-electron chi connectivity index (χ3n) is 6.11. The van der Waals surface area contributed by atoms with Gasteiger partial charge in [-0.15, -0.1) is 11.3 Å². The van der Waals surface area contributed by atoms with Crippen LogP contribution in [0, 0.1) is 19.8 Å². The molecule has 0 aliphatic heterocycles. The summed E-state index contributed by atoms with van der Waals surface area (Å²) >= 11 is 1.28. The molecule has 1 saturated carbocycles. The Hall–Kier alpha value is -2.74. The third kappa shape index (κ3) is 7.12. The molecule has 1 aromatic heterocycles. The Bertz CT molecular complexity index is 995. The van der Waals surface area contributed by atoms with E-state index in [0.29, 0.717) is 10.8 Å². The summed E-state index contributed by atoms with van der Waals surface area (Å²) < 4.78 is 0. The molecular weight excluding hydrogens is 436 g/mol. The van der Waals surface area contributed by atoms with Crippen LogP contribution in [0.5, 0.6) is 0 Å². The van der Waals surface area contributed by atoms with Gasteiger partial charge < -0.3 is 15.5 Å². The van der Waals surface area contributed by atoms with Gasteiger partial charge in [-0.3, -0.25) is 14.4 Å². The van der Waals surface area contributed by atoms with Gasteiger partial charge in [-0.2, -0.15) is 0 Å². The lowest BCUT2D eigenvalue weighted by Crippen LogP contribution is -2.45. The molecule has 33 heavy (non-hydrogen) atoms. The number of hydrogen-bond acceptors (Lipinski definition) is 5. The van der Waals surface area contributed by atoms with E-state index in [-0.39, 0.29) is 42.6 Å². The van der Waals surface area contributed by atoms with E-state index in [9.17, 15) is 14.4 Å². The van der Waals surface area contributed by atoms with Crippen LogP contribution in [-0.4, -0.2) is 40.2 Å². The van der Waals surface area contributed by atoms with Crippen LogP contribution in [0.25, 0.3) is 0 Å². The van der Waals surface area contributed by atoms with Crippen molar-refractivity contribution in [2.24, 2.45) is 5.92 Å². The van der Waals surface area contributed by atoms with Crippen LogP contribution in [0.3, 0.4) is 0 Å². The Kier molecular flexibility index (Phi) is 8.61. The number of nitrogens with zero attached hydrogens (tertiary/aromatic N) is 2. The first kappa shape index (κ1) is 24.9. The van der Waals surface area contributed by atoms with Crippen molar-refractivity contribution in [1.82, 2.24) is 9.88 Å².